The van der Waals surface area contributed by atoms with Gasteiger partial charge in [-0.2, -0.15) is 0 Å². The van der Waals surface area contributed by atoms with Crippen LogP contribution in [0, 0.1) is 12.3 Å². The van der Waals surface area contributed by atoms with Crippen LogP contribution in [0.15, 0.2) is 41.5 Å². The van der Waals surface area contributed by atoms with E-state index >= 15 is 0 Å². The number of nitrogens with zero attached hydrogens (tertiary/aromatic N) is 3. The first-order chi connectivity index (χ1) is 13.5. The molecule has 3 N–H and O–H groups in total. The molecule has 29 heavy (non-hydrogen) atoms. The van der Waals surface area contributed by atoms with Gasteiger partial charge in [0.05, 0.1) is 10.4 Å². The van der Waals surface area contributed by atoms with E-state index in [9.17, 15) is 9.59 Å². The lowest BCUT2D eigenvalue weighted by atomic mass is 9.68. The molecule has 152 valence electrons. The van der Waals surface area contributed by atoms with Crippen molar-refractivity contribution in [3.05, 3.63) is 58.4 Å². The van der Waals surface area contributed by atoms with Crippen molar-refractivity contribution in [1.29, 1.82) is 0 Å². The van der Waals surface area contributed by atoms with Gasteiger partial charge >= 0.3 is 0 Å². The normalized spacial score (nSPS) is 21.0. The van der Waals surface area contributed by atoms with Crippen molar-refractivity contribution >= 4 is 35.1 Å². The molecular weight excluding hydrogens is 390 g/mol. The number of carbonyl (C=O) groups is 2. The lowest BCUT2D eigenvalue weighted by Gasteiger charge is -2.46. The predicted octanol–water partition coefficient (Wildman–Crippen LogP) is 3.32. The number of benzene rings is 1. The fourth-order valence-electron chi connectivity index (χ4n) is 3.47. The molecule has 0 saturated carbocycles. The second-order valence-corrected chi connectivity index (χ2v) is 8.32. The average molecular weight is 414 g/mol. The summed E-state index contributed by atoms with van der Waals surface area (Å²) in [4.78, 5) is 35.6. The highest BCUT2D eigenvalue weighted by molar-refractivity contribution is 6.30. The van der Waals surface area contributed by atoms with Crippen LogP contribution in [0.3, 0.4) is 0 Å². The van der Waals surface area contributed by atoms with Crippen LogP contribution in [0.25, 0.3) is 0 Å². The SMILES string of the molecule is Cc1cc(Cl)cnc1C(=O)Nc1cccc([C@@]2(C)N=C(N)N(C)C(=O)C2(C)C)c1. The van der Waals surface area contributed by atoms with Crippen LogP contribution in [0.2, 0.25) is 5.02 Å². The summed E-state index contributed by atoms with van der Waals surface area (Å²) in [6.07, 6.45) is 1.44. The maximum Gasteiger partial charge on any atom is 0.274 e. The molecule has 1 atom stereocenters. The molecule has 0 bridgehead atoms. The highest BCUT2D eigenvalue weighted by atomic mass is 35.5. The maximum absolute atomic E-state index is 12.8. The fraction of sp³-hybridized carbons (Fsp3) is 0.333. The summed E-state index contributed by atoms with van der Waals surface area (Å²) in [6, 6.07) is 8.94. The number of aromatic nitrogens is 1. The Balaban J connectivity index is 1.97. The molecule has 2 amide bonds. The standard InChI is InChI=1S/C21H24ClN5O2/c1-12-9-14(22)11-24-16(12)17(28)25-15-8-6-7-13(10-15)21(4)20(2,3)18(29)27(5)19(23)26-21/h6-11H,1-5H3,(H2,23,26)(H,25,28)/t21-/m1/s1. The molecule has 0 aliphatic carbocycles. The van der Waals surface area contributed by atoms with Gasteiger partial charge in [0.25, 0.3) is 5.91 Å². The third kappa shape index (κ3) is 3.46. The van der Waals surface area contributed by atoms with Gasteiger partial charge in [-0.15, -0.1) is 0 Å². The van der Waals surface area contributed by atoms with E-state index in [1.54, 1.807) is 32.2 Å². The molecule has 1 aromatic carbocycles. The summed E-state index contributed by atoms with van der Waals surface area (Å²) in [5.41, 5.74) is 6.58. The Bertz CT molecular complexity index is 1030. The number of halogens is 1. The number of anilines is 1. The maximum atomic E-state index is 12.8. The summed E-state index contributed by atoms with van der Waals surface area (Å²) in [6.45, 7) is 7.33. The first-order valence-electron chi connectivity index (χ1n) is 9.15. The van der Waals surface area contributed by atoms with Crippen LogP contribution in [-0.2, 0) is 10.3 Å². The van der Waals surface area contributed by atoms with E-state index in [2.05, 4.69) is 15.3 Å². The molecule has 0 radical (unpaired) electrons. The second-order valence-electron chi connectivity index (χ2n) is 7.89. The molecule has 8 heteroatoms. The third-order valence-electron chi connectivity index (χ3n) is 5.68. The van der Waals surface area contributed by atoms with Gasteiger partial charge in [0.1, 0.15) is 11.2 Å². The number of guanidine groups is 1. The zero-order chi connectivity index (χ0) is 21.6. The van der Waals surface area contributed by atoms with E-state index in [1.807, 2.05) is 32.9 Å². The molecule has 0 spiro atoms. The highest BCUT2D eigenvalue weighted by Crippen LogP contribution is 2.46. The summed E-state index contributed by atoms with van der Waals surface area (Å²) in [5.74, 6) is -0.307. The first kappa shape index (κ1) is 20.8. The Kier molecular flexibility index (Phi) is 5.13. The van der Waals surface area contributed by atoms with E-state index in [0.717, 1.165) is 5.56 Å². The number of rotatable bonds is 3. The Morgan fingerprint density at radius 2 is 1.93 bits per heavy atom. The van der Waals surface area contributed by atoms with Gasteiger partial charge in [-0.3, -0.25) is 14.5 Å². The minimum absolute atomic E-state index is 0.122. The smallest absolute Gasteiger partial charge is 0.274 e. The topological polar surface area (TPSA) is 101 Å². The zero-order valence-corrected chi connectivity index (χ0v) is 17.8. The predicted molar refractivity (Wildman–Crippen MR) is 114 cm³/mol. The van der Waals surface area contributed by atoms with Crippen LogP contribution in [-0.4, -0.2) is 34.7 Å². The van der Waals surface area contributed by atoms with Crippen molar-refractivity contribution in [2.45, 2.75) is 33.2 Å². The molecule has 3 rings (SSSR count). The number of pyridine rings is 1. The number of hydrogen-bond donors (Lipinski definition) is 2. The van der Waals surface area contributed by atoms with Crippen molar-refractivity contribution in [1.82, 2.24) is 9.88 Å². The van der Waals surface area contributed by atoms with Gasteiger partial charge in [-0.05, 0) is 57.0 Å². The zero-order valence-electron chi connectivity index (χ0n) is 17.1. The average Bonchev–Trinajstić information content (AvgIpc) is 2.65. The Hall–Kier alpha value is -2.93. The number of carbonyl (C=O) groups excluding carboxylic acids is 2. The van der Waals surface area contributed by atoms with E-state index < -0.39 is 11.0 Å². The van der Waals surface area contributed by atoms with Crippen LogP contribution < -0.4 is 11.1 Å². The number of nitrogens with one attached hydrogen (secondary N) is 1. The first-order valence-corrected chi connectivity index (χ1v) is 9.52. The quantitative estimate of drug-likeness (QED) is 0.805. The Morgan fingerprint density at radius 1 is 1.24 bits per heavy atom. The molecule has 0 fully saturated rings. The molecule has 1 aliphatic rings. The minimum Gasteiger partial charge on any atom is -0.369 e. The van der Waals surface area contributed by atoms with Gasteiger partial charge < -0.3 is 11.1 Å². The number of aliphatic imine (C=N–C) groups is 1. The molecule has 0 unspecified atom stereocenters. The molecule has 1 aromatic heterocycles. The van der Waals surface area contributed by atoms with E-state index in [0.29, 0.717) is 22.0 Å². The molecule has 2 heterocycles. The minimum atomic E-state index is -0.893. The van der Waals surface area contributed by atoms with Crippen molar-refractivity contribution < 1.29 is 9.59 Å². The Morgan fingerprint density at radius 3 is 2.59 bits per heavy atom. The van der Waals surface area contributed by atoms with Crippen LogP contribution >= 0.6 is 11.6 Å². The van der Waals surface area contributed by atoms with Gasteiger partial charge in [0.2, 0.25) is 5.91 Å². The molecule has 2 aromatic rings. The van der Waals surface area contributed by atoms with Crippen LogP contribution in [0.5, 0.6) is 0 Å². The fourth-order valence-corrected chi connectivity index (χ4v) is 3.68. The van der Waals surface area contributed by atoms with Crippen LogP contribution in [0.4, 0.5) is 5.69 Å². The van der Waals surface area contributed by atoms with Gasteiger partial charge in [-0.1, -0.05) is 23.7 Å². The second kappa shape index (κ2) is 7.15. The molecule has 7 nitrogen and oxygen atoms in total. The lowest BCUT2D eigenvalue weighted by Crippen LogP contribution is -2.58. The summed E-state index contributed by atoms with van der Waals surface area (Å²) >= 11 is 5.92. The van der Waals surface area contributed by atoms with Crippen LogP contribution in [0.1, 0.15) is 42.4 Å². The largest absolute Gasteiger partial charge is 0.369 e. The van der Waals surface area contributed by atoms with Gasteiger partial charge in [-0.25, -0.2) is 9.98 Å². The van der Waals surface area contributed by atoms with E-state index in [-0.39, 0.29) is 17.8 Å². The summed E-state index contributed by atoms with van der Waals surface area (Å²) in [5, 5.41) is 3.33. The number of hydrogen-bond acceptors (Lipinski definition) is 5. The number of nitrogens with two attached hydrogens (primary N) is 1. The van der Waals surface area contributed by atoms with Gasteiger partial charge in [0.15, 0.2) is 5.96 Å². The van der Waals surface area contributed by atoms with Crippen molar-refractivity contribution in [3.8, 4) is 0 Å². The molecular formula is C21H24ClN5O2. The van der Waals surface area contributed by atoms with Crippen molar-refractivity contribution in [3.63, 3.8) is 0 Å². The van der Waals surface area contributed by atoms with Crippen molar-refractivity contribution in [2.75, 3.05) is 12.4 Å². The lowest BCUT2D eigenvalue weighted by molar-refractivity contribution is -0.140. The molecule has 0 saturated heterocycles. The third-order valence-corrected chi connectivity index (χ3v) is 5.89. The van der Waals surface area contributed by atoms with E-state index in [1.165, 1.54) is 11.1 Å². The van der Waals surface area contributed by atoms with Crippen molar-refractivity contribution in [2.24, 2.45) is 16.1 Å². The number of aryl methyl sites for hydroxylation is 1. The number of amides is 2. The van der Waals surface area contributed by atoms with Gasteiger partial charge in [0, 0.05) is 18.9 Å². The summed E-state index contributed by atoms with van der Waals surface area (Å²) < 4.78 is 0. The molecule has 1 aliphatic heterocycles. The van der Waals surface area contributed by atoms with E-state index in [4.69, 9.17) is 17.3 Å². The highest BCUT2D eigenvalue weighted by Gasteiger charge is 2.52. The Labute approximate surface area is 175 Å². The summed E-state index contributed by atoms with van der Waals surface area (Å²) in [7, 11) is 1.61. The monoisotopic (exact) mass is 413 g/mol.